The van der Waals surface area contributed by atoms with Crippen molar-refractivity contribution in [3.05, 3.63) is 33.8 Å². The minimum atomic E-state index is -0.417. The lowest BCUT2D eigenvalue weighted by atomic mass is 10.2. The standard InChI is InChI=1S/C12H14Cl2N2O2/c13-10-2-1-3-11(14)9(10)6-15-12(18)16-5-4-8(17)7-16/h1-3,8,17H,4-7H2,(H,15,18). The molecule has 0 aliphatic carbocycles. The highest BCUT2D eigenvalue weighted by molar-refractivity contribution is 6.36. The topological polar surface area (TPSA) is 52.6 Å². The number of urea groups is 1. The van der Waals surface area contributed by atoms with Gasteiger partial charge in [0.25, 0.3) is 0 Å². The molecular formula is C12H14Cl2N2O2. The summed E-state index contributed by atoms with van der Waals surface area (Å²) in [7, 11) is 0. The Bertz CT molecular complexity index is 433. The van der Waals surface area contributed by atoms with Crippen molar-refractivity contribution < 1.29 is 9.90 Å². The largest absolute Gasteiger partial charge is 0.391 e. The highest BCUT2D eigenvalue weighted by atomic mass is 35.5. The van der Waals surface area contributed by atoms with Crippen molar-refractivity contribution in [1.82, 2.24) is 10.2 Å². The number of carbonyl (C=O) groups is 1. The van der Waals surface area contributed by atoms with Crippen LogP contribution in [0.4, 0.5) is 4.79 Å². The van der Waals surface area contributed by atoms with Gasteiger partial charge in [0.15, 0.2) is 0 Å². The summed E-state index contributed by atoms with van der Waals surface area (Å²) < 4.78 is 0. The van der Waals surface area contributed by atoms with Crippen molar-refractivity contribution in [2.45, 2.75) is 19.1 Å². The molecule has 98 valence electrons. The number of rotatable bonds is 2. The Morgan fingerprint density at radius 1 is 1.44 bits per heavy atom. The lowest BCUT2D eigenvalue weighted by Crippen LogP contribution is -2.38. The number of carbonyl (C=O) groups excluding carboxylic acids is 1. The summed E-state index contributed by atoms with van der Waals surface area (Å²) in [4.78, 5) is 13.4. The summed E-state index contributed by atoms with van der Waals surface area (Å²) in [6.45, 7) is 1.23. The molecule has 1 atom stereocenters. The summed E-state index contributed by atoms with van der Waals surface area (Å²) in [5.74, 6) is 0. The average Bonchev–Trinajstić information content (AvgIpc) is 2.75. The number of benzene rings is 1. The molecule has 0 aromatic heterocycles. The molecule has 1 aliphatic rings. The molecule has 1 aliphatic heterocycles. The molecule has 0 bridgehead atoms. The van der Waals surface area contributed by atoms with Gasteiger partial charge in [-0.1, -0.05) is 29.3 Å². The molecule has 18 heavy (non-hydrogen) atoms. The van der Waals surface area contributed by atoms with E-state index in [9.17, 15) is 9.90 Å². The highest BCUT2D eigenvalue weighted by Crippen LogP contribution is 2.24. The lowest BCUT2D eigenvalue weighted by molar-refractivity contribution is 0.172. The molecule has 1 unspecified atom stereocenters. The number of amides is 2. The Kier molecular flexibility index (Phi) is 4.32. The normalized spacial score (nSPS) is 19.1. The molecule has 0 saturated carbocycles. The van der Waals surface area contributed by atoms with Crippen molar-refractivity contribution in [2.24, 2.45) is 0 Å². The Labute approximate surface area is 115 Å². The van der Waals surface area contributed by atoms with E-state index in [0.29, 0.717) is 35.1 Å². The lowest BCUT2D eigenvalue weighted by Gasteiger charge is -2.17. The van der Waals surface area contributed by atoms with Gasteiger partial charge >= 0.3 is 6.03 Å². The van der Waals surface area contributed by atoms with Gasteiger partial charge < -0.3 is 15.3 Å². The molecule has 6 heteroatoms. The number of aliphatic hydroxyl groups is 1. The first-order valence-electron chi connectivity index (χ1n) is 5.71. The van der Waals surface area contributed by atoms with E-state index in [-0.39, 0.29) is 12.6 Å². The number of nitrogens with zero attached hydrogens (tertiary/aromatic N) is 1. The molecule has 0 radical (unpaired) electrons. The zero-order chi connectivity index (χ0) is 13.1. The Hall–Kier alpha value is -0.970. The van der Waals surface area contributed by atoms with E-state index in [1.807, 2.05) is 0 Å². The molecule has 1 saturated heterocycles. The second-order valence-electron chi connectivity index (χ2n) is 4.25. The zero-order valence-electron chi connectivity index (χ0n) is 9.70. The molecule has 2 rings (SSSR count). The number of hydrogen-bond donors (Lipinski definition) is 2. The summed E-state index contributed by atoms with van der Waals surface area (Å²) in [6.07, 6.45) is 0.208. The molecule has 2 amide bonds. The average molecular weight is 289 g/mol. The van der Waals surface area contributed by atoms with Crippen LogP contribution in [0.15, 0.2) is 18.2 Å². The fraction of sp³-hybridized carbons (Fsp3) is 0.417. The quantitative estimate of drug-likeness (QED) is 0.877. The SMILES string of the molecule is O=C(NCc1c(Cl)cccc1Cl)N1CCC(O)C1. The summed E-state index contributed by atoms with van der Waals surface area (Å²) in [6, 6.07) is 5.01. The Morgan fingerprint density at radius 3 is 2.67 bits per heavy atom. The molecule has 2 N–H and O–H groups in total. The van der Waals surface area contributed by atoms with Crippen LogP contribution in [0.25, 0.3) is 0 Å². The molecule has 1 fully saturated rings. The zero-order valence-corrected chi connectivity index (χ0v) is 11.2. The predicted molar refractivity (Wildman–Crippen MR) is 70.9 cm³/mol. The maximum absolute atomic E-state index is 11.8. The number of halogens is 2. The van der Waals surface area contributed by atoms with Gasteiger partial charge in [-0.3, -0.25) is 0 Å². The number of hydrogen-bond acceptors (Lipinski definition) is 2. The van der Waals surface area contributed by atoms with Gasteiger partial charge in [-0.05, 0) is 18.6 Å². The van der Waals surface area contributed by atoms with E-state index in [0.717, 1.165) is 0 Å². The smallest absolute Gasteiger partial charge is 0.317 e. The third-order valence-electron chi connectivity index (χ3n) is 2.93. The van der Waals surface area contributed by atoms with E-state index < -0.39 is 6.10 Å². The summed E-state index contributed by atoms with van der Waals surface area (Å²) in [5.41, 5.74) is 0.703. The van der Waals surface area contributed by atoms with Gasteiger partial charge in [0.05, 0.1) is 6.10 Å². The van der Waals surface area contributed by atoms with Gasteiger partial charge in [-0.15, -0.1) is 0 Å². The van der Waals surface area contributed by atoms with Crippen LogP contribution in [0.1, 0.15) is 12.0 Å². The van der Waals surface area contributed by atoms with E-state index >= 15 is 0 Å². The van der Waals surface area contributed by atoms with E-state index in [2.05, 4.69) is 5.32 Å². The van der Waals surface area contributed by atoms with Crippen molar-refractivity contribution in [3.63, 3.8) is 0 Å². The Balaban J connectivity index is 1.93. The van der Waals surface area contributed by atoms with E-state index in [1.165, 1.54) is 0 Å². The number of β-amino-alcohol motifs (C(OH)–C–C–N with tert-alkyl or cyclic N) is 1. The maximum atomic E-state index is 11.8. The van der Waals surface area contributed by atoms with Gasteiger partial charge in [0.2, 0.25) is 0 Å². The van der Waals surface area contributed by atoms with Crippen molar-refractivity contribution in [2.75, 3.05) is 13.1 Å². The molecule has 0 spiro atoms. The van der Waals surface area contributed by atoms with Gasteiger partial charge in [0.1, 0.15) is 0 Å². The maximum Gasteiger partial charge on any atom is 0.317 e. The number of likely N-dealkylation sites (tertiary alicyclic amines) is 1. The predicted octanol–water partition coefficient (Wildman–Crippen LogP) is 2.27. The number of nitrogens with one attached hydrogen (secondary N) is 1. The first kappa shape index (κ1) is 13.5. The van der Waals surface area contributed by atoms with Crippen molar-refractivity contribution in [3.8, 4) is 0 Å². The van der Waals surface area contributed by atoms with Crippen LogP contribution >= 0.6 is 23.2 Å². The second kappa shape index (κ2) is 5.78. The summed E-state index contributed by atoms with van der Waals surface area (Å²) in [5, 5.41) is 13.2. The van der Waals surface area contributed by atoms with Gasteiger partial charge in [-0.25, -0.2) is 4.79 Å². The summed E-state index contributed by atoms with van der Waals surface area (Å²) >= 11 is 12.0. The third kappa shape index (κ3) is 3.07. The van der Waals surface area contributed by atoms with Crippen molar-refractivity contribution >= 4 is 29.2 Å². The van der Waals surface area contributed by atoms with E-state index in [1.54, 1.807) is 23.1 Å². The monoisotopic (exact) mass is 288 g/mol. The van der Waals surface area contributed by atoms with Crippen LogP contribution in [-0.4, -0.2) is 35.2 Å². The first-order valence-corrected chi connectivity index (χ1v) is 6.47. The third-order valence-corrected chi connectivity index (χ3v) is 3.64. The number of aliphatic hydroxyl groups excluding tert-OH is 1. The fourth-order valence-electron chi connectivity index (χ4n) is 1.90. The molecule has 1 aromatic rings. The fourth-order valence-corrected chi connectivity index (χ4v) is 2.43. The first-order chi connectivity index (χ1) is 8.58. The van der Waals surface area contributed by atoms with Crippen LogP contribution in [0.5, 0.6) is 0 Å². The minimum Gasteiger partial charge on any atom is -0.391 e. The highest BCUT2D eigenvalue weighted by Gasteiger charge is 2.24. The van der Waals surface area contributed by atoms with Crippen LogP contribution in [0.2, 0.25) is 10.0 Å². The van der Waals surface area contributed by atoms with Gasteiger partial charge in [-0.2, -0.15) is 0 Å². The molecule has 4 nitrogen and oxygen atoms in total. The Morgan fingerprint density at radius 2 is 2.11 bits per heavy atom. The van der Waals surface area contributed by atoms with Crippen LogP contribution in [0, 0.1) is 0 Å². The van der Waals surface area contributed by atoms with Gasteiger partial charge in [0, 0.05) is 35.2 Å². The molecular weight excluding hydrogens is 275 g/mol. The van der Waals surface area contributed by atoms with Crippen LogP contribution in [-0.2, 0) is 6.54 Å². The molecule has 1 aromatic carbocycles. The molecule has 1 heterocycles. The van der Waals surface area contributed by atoms with Crippen LogP contribution < -0.4 is 5.32 Å². The second-order valence-corrected chi connectivity index (χ2v) is 5.06. The van der Waals surface area contributed by atoms with E-state index in [4.69, 9.17) is 23.2 Å². The van der Waals surface area contributed by atoms with Crippen LogP contribution in [0.3, 0.4) is 0 Å². The minimum absolute atomic E-state index is 0.206. The van der Waals surface area contributed by atoms with Crippen molar-refractivity contribution in [1.29, 1.82) is 0 Å².